The first-order valence-corrected chi connectivity index (χ1v) is 7.05. The Bertz CT molecular complexity index is 760. The van der Waals surface area contributed by atoms with Crippen LogP contribution in [0.4, 0.5) is 5.69 Å². The van der Waals surface area contributed by atoms with Crippen molar-refractivity contribution in [3.8, 4) is 11.5 Å². The molecule has 1 aliphatic rings. The van der Waals surface area contributed by atoms with Crippen LogP contribution in [0.1, 0.15) is 15.9 Å². The highest BCUT2D eigenvalue weighted by atomic mass is 16.6. The summed E-state index contributed by atoms with van der Waals surface area (Å²) in [5.74, 6) is 0.811. The van der Waals surface area contributed by atoms with E-state index in [4.69, 9.17) is 9.47 Å². The van der Waals surface area contributed by atoms with Crippen LogP contribution in [0.15, 0.2) is 42.5 Å². The summed E-state index contributed by atoms with van der Waals surface area (Å²) in [6.07, 6.45) is 0. The largest absolute Gasteiger partial charge is 0.486 e. The van der Waals surface area contributed by atoms with Gasteiger partial charge in [0, 0.05) is 12.6 Å². The zero-order chi connectivity index (χ0) is 16.2. The van der Waals surface area contributed by atoms with Crippen LogP contribution < -0.4 is 14.8 Å². The van der Waals surface area contributed by atoms with E-state index < -0.39 is 10.8 Å². The van der Waals surface area contributed by atoms with Crippen molar-refractivity contribution in [2.75, 3.05) is 13.2 Å². The van der Waals surface area contributed by atoms with Gasteiger partial charge in [-0.05, 0) is 23.8 Å². The third-order valence-corrected chi connectivity index (χ3v) is 3.41. The Kier molecular flexibility index (Phi) is 4.09. The number of nitrogens with zero attached hydrogens (tertiary/aromatic N) is 1. The lowest BCUT2D eigenvalue weighted by Gasteiger charge is -2.19. The Morgan fingerprint density at radius 3 is 2.65 bits per heavy atom. The fourth-order valence-electron chi connectivity index (χ4n) is 2.30. The van der Waals surface area contributed by atoms with Crippen LogP contribution in [0, 0.1) is 10.1 Å². The van der Waals surface area contributed by atoms with Gasteiger partial charge in [0.2, 0.25) is 0 Å². The van der Waals surface area contributed by atoms with Crippen molar-refractivity contribution in [1.82, 2.24) is 5.32 Å². The number of nitrogens with one attached hydrogen (secondary N) is 1. The van der Waals surface area contributed by atoms with Gasteiger partial charge in [0.15, 0.2) is 11.5 Å². The molecule has 0 fully saturated rings. The van der Waals surface area contributed by atoms with Crippen LogP contribution in [-0.4, -0.2) is 24.0 Å². The van der Waals surface area contributed by atoms with Crippen molar-refractivity contribution in [3.05, 3.63) is 63.7 Å². The van der Waals surface area contributed by atoms with Crippen LogP contribution in [0.3, 0.4) is 0 Å². The maximum atomic E-state index is 12.2. The van der Waals surface area contributed by atoms with Gasteiger partial charge in [0.25, 0.3) is 11.6 Å². The van der Waals surface area contributed by atoms with E-state index in [0.29, 0.717) is 24.7 Å². The summed E-state index contributed by atoms with van der Waals surface area (Å²) in [4.78, 5) is 22.5. The Morgan fingerprint density at radius 1 is 1.13 bits per heavy atom. The summed E-state index contributed by atoms with van der Waals surface area (Å²) in [5.41, 5.74) is 0.642. The quantitative estimate of drug-likeness (QED) is 0.690. The van der Waals surface area contributed by atoms with Gasteiger partial charge < -0.3 is 14.8 Å². The van der Waals surface area contributed by atoms with Crippen molar-refractivity contribution in [3.63, 3.8) is 0 Å². The van der Waals surface area contributed by atoms with Gasteiger partial charge in [-0.3, -0.25) is 14.9 Å². The van der Waals surface area contributed by atoms with Gasteiger partial charge in [-0.15, -0.1) is 0 Å². The molecule has 1 aliphatic heterocycles. The Labute approximate surface area is 132 Å². The number of carbonyl (C=O) groups is 1. The van der Waals surface area contributed by atoms with Crippen LogP contribution in [0.2, 0.25) is 0 Å². The molecule has 7 nitrogen and oxygen atoms in total. The SMILES string of the molecule is O=C(NCc1ccc2c(c1)OCCO2)c1ccccc1[N+](=O)[O-]. The molecule has 2 aromatic rings. The summed E-state index contributed by atoms with van der Waals surface area (Å²) < 4.78 is 10.9. The van der Waals surface area contributed by atoms with E-state index in [1.165, 1.54) is 18.2 Å². The van der Waals surface area contributed by atoms with Crippen molar-refractivity contribution >= 4 is 11.6 Å². The fourth-order valence-corrected chi connectivity index (χ4v) is 2.30. The molecule has 118 valence electrons. The number of rotatable bonds is 4. The van der Waals surface area contributed by atoms with Crippen molar-refractivity contribution in [2.24, 2.45) is 0 Å². The first-order chi connectivity index (χ1) is 11.1. The van der Waals surface area contributed by atoms with E-state index in [9.17, 15) is 14.9 Å². The summed E-state index contributed by atoms with van der Waals surface area (Å²) >= 11 is 0. The summed E-state index contributed by atoms with van der Waals surface area (Å²) in [5, 5.41) is 13.6. The second-order valence-electron chi connectivity index (χ2n) is 4.93. The lowest BCUT2D eigenvalue weighted by Crippen LogP contribution is -2.24. The molecule has 0 aromatic heterocycles. The van der Waals surface area contributed by atoms with Crippen molar-refractivity contribution in [2.45, 2.75) is 6.54 Å². The average molecular weight is 314 g/mol. The minimum absolute atomic E-state index is 0.0371. The Morgan fingerprint density at radius 2 is 1.87 bits per heavy atom. The number of nitro benzene ring substituents is 1. The highest BCUT2D eigenvalue weighted by Crippen LogP contribution is 2.30. The predicted octanol–water partition coefficient (Wildman–Crippen LogP) is 2.30. The number of benzene rings is 2. The Balaban J connectivity index is 1.71. The normalized spacial score (nSPS) is 12.5. The van der Waals surface area contributed by atoms with Gasteiger partial charge in [-0.2, -0.15) is 0 Å². The molecule has 0 saturated carbocycles. The zero-order valence-electron chi connectivity index (χ0n) is 12.2. The molecule has 3 rings (SSSR count). The molecule has 1 amide bonds. The van der Waals surface area contributed by atoms with Crippen molar-refractivity contribution < 1.29 is 19.2 Å². The van der Waals surface area contributed by atoms with Crippen molar-refractivity contribution in [1.29, 1.82) is 0 Å². The number of amides is 1. The highest BCUT2D eigenvalue weighted by Gasteiger charge is 2.19. The van der Waals surface area contributed by atoms with E-state index in [0.717, 1.165) is 5.56 Å². The molecule has 0 aliphatic carbocycles. The summed E-state index contributed by atoms with van der Waals surface area (Å²) in [7, 11) is 0. The van der Waals surface area contributed by atoms with E-state index in [2.05, 4.69) is 5.32 Å². The zero-order valence-corrected chi connectivity index (χ0v) is 12.2. The van der Waals surface area contributed by atoms with Gasteiger partial charge in [0.05, 0.1) is 4.92 Å². The molecule has 7 heteroatoms. The van der Waals surface area contributed by atoms with E-state index in [1.54, 1.807) is 18.2 Å². The minimum Gasteiger partial charge on any atom is -0.486 e. The first-order valence-electron chi connectivity index (χ1n) is 7.05. The Hall–Kier alpha value is -3.09. The molecule has 1 N–H and O–H groups in total. The molecular formula is C16H14N2O5. The second kappa shape index (κ2) is 6.35. The molecule has 0 bridgehead atoms. The third kappa shape index (κ3) is 3.23. The average Bonchev–Trinajstić information content (AvgIpc) is 2.59. The number of nitro groups is 1. The standard InChI is InChI=1S/C16H14N2O5/c19-16(12-3-1-2-4-13(12)18(20)21)17-10-11-5-6-14-15(9-11)23-8-7-22-14/h1-6,9H,7-8,10H2,(H,17,19). The molecule has 0 saturated heterocycles. The molecule has 0 atom stereocenters. The predicted molar refractivity (Wildman–Crippen MR) is 81.7 cm³/mol. The van der Waals surface area contributed by atoms with Crippen LogP contribution in [0.5, 0.6) is 11.5 Å². The third-order valence-electron chi connectivity index (χ3n) is 3.41. The molecular weight excluding hydrogens is 300 g/mol. The lowest BCUT2D eigenvalue weighted by molar-refractivity contribution is -0.385. The molecule has 23 heavy (non-hydrogen) atoms. The summed E-state index contributed by atoms with van der Waals surface area (Å²) in [6, 6.07) is 11.2. The molecule has 0 unspecified atom stereocenters. The number of ether oxygens (including phenoxy) is 2. The summed E-state index contributed by atoms with van der Waals surface area (Å²) in [6.45, 7) is 1.24. The first kappa shape index (κ1) is 14.8. The fraction of sp³-hybridized carbons (Fsp3) is 0.188. The number of hydrogen-bond acceptors (Lipinski definition) is 5. The smallest absolute Gasteiger partial charge is 0.282 e. The van der Waals surface area contributed by atoms with Crippen LogP contribution in [0.25, 0.3) is 0 Å². The van der Waals surface area contributed by atoms with Gasteiger partial charge in [0.1, 0.15) is 18.8 Å². The van der Waals surface area contributed by atoms with Crippen LogP contribution in [-0.2, 0) is 6.54 Å². The van der Waals surface area contributed by atoms with E-state index in [-0.39, 0.29) is 17.8 Å². The molecule has 1 heterocycles. The number of para-hydroxylation sites is 1. The molecule has 2 aromatic carbocycles. The van der Waals surface area contributed by atoms with E-state index in [1.807, 2.05) is 6.07 Å². The van der Waals surface area contributed by atoms with Gasteiger partial charge in [-0.25, -0.2) is 0 Å². The van der Waals surface area contributed by atoms with E-state index >= 15 is 0 Å². The number of fused-ring (bicyclic) bond motifs is 1. The monoisotopic (exact) mass is 314 g/mol. The van der Waals surface area contributed by atoms with Gasteiger partial charge in [-0.1, -0.05) is 18.2 Å². The molecule has 0 spiro atoms. The maximum Gasteiger partial charge on any atom is 0.282 e. The topological polar surface area (TPSA) is 90.7 Å². The molecule has 0 radical (unpaired) electrons. The highest BCUT2D eigenvalue weighted by molar-refractivity contribution is 5.98. The minimum atomic E-state index is -0.570. The maximum absolute atomic E-state index is 12.2. The van der Waals surface area contributed by atoms with Gasteiger partial charge >= 0.3 is 0 Å². The second-order valence-corrected chi connectivity index (χ2v) is 4.93. The van der Waals surface area contributed by atoms with Crippen LogP contribution >= 0.6 is 0 Å². The number of carbonyl (C=O) groups excluding carboxylic acids is 1. The lowest BCUT2D eigenvalue weighted by atomic mass is 10.1. The number of hydrogen-bond donors (Lipinski definition) is 1.